The van der Waals surface area contributed by atoms with Crippen molar-refractivity contribution in [2.24, 2.45) is 0 Å². The van der Waals surface area contributed by atoms with Crippen LogP contribution >= 0.6 is 22.6 Å². The van der Waals surface area contributed by atoms with E-state index in [2.05, 4.69) is 5.32 Å². The van der Waals surface area contributed by atoms with Crippen molar-refractivity contribution < 1.29 is 9.18 Å². The first-order valence-electron chi connectivity index (χ1n) is 5.73. The quantitative estimate of drug-likeness (QED) is 0.813. The van der Waals surface area contributed by atoms with Crippen molar-refractivity contribution in [3.8, 4) is 0 Å². The van der Waals surface area contributed by atoms with Gasteiger partial charge in [-0.3, -0.25) is 4.79 Å². The van der Waals surface area contributed by atoms with Gasteiger partial charge in [-0.2, -0.15) is 0 Å². The van der Waals surface area contributed by atoms with Crippen LogP contribution in [0.2, 0.25) is 0 Å². The maximum absolute atomic E-state index is 13.0. The van der Waals surface area contributed by atoms with Crippen LogP contribution in [0.5, 0.6) is 0 Å². The molecule has 19 heavy (non-hydrogen) atoms. The molecular formula is C13H13FIN3O. The molecule has 6 heteroatoms. The number of carbonyl (C=O) groups is 1. The van der Waals surface area contributed by atoms with Gasteiger partial charge >= 0.3 is 0 Å². The molecule has 0 fully saturated rings. The molecule has 0 spiro atoms. The lowest BCUT2D eigenvalue weighted by Gasteiger charge is -2.09. The first kappa shape index (κ1) is 13.9. The van der Waals surface area contributed by atoms with E-state index in [1.54, 1.807) is 16.8 Å². The largest absolute Gasteiger partial charge is 0.397 e. The van der Waals surface area contributed by atoms with Crippen LogP contribution in [0, 0.1) is 9.39 Å². The number of nitrogen functional groups attached to an aromatic ring is 1. The zero-order valence-electron chi connectivity index (χ0n) is 10.3. The lowest BCUT2D eigenvalue weighted by molar-refractivity contribution is 0.101. The highest BCUT2D eigenvalue weighted by Gasteiger charge is 2.13. The van der Waals surface area contributed by atoms with Crippen LogP contribution in [0.4, 0.5) is 15.8 Å². The molecule has 0 bridgehead atoms. The number of aryl methyl sites for hydroxylation is 1. The predicted molar refractivity (Wildman–Crippen MR) is 81.6 cm³/mol. The second kappa shape index (κ2) is 5.60. The van der Waals surface area contributed by atoms with Gasteiger partial charge in [-0.25, -0.2) is 4.39 Å². The highest BCUT2D eigenvalue weighted by atomic mass is 127. The molecule has 0 radical (unpaired) electrons. The van der Waals surface area contributed by atoms with E-state index in [-0.39, 0.29) is 11.7 Å². The molecule has 0 aliphatic rings. The Morgan fingerprint density at radius 1 is 1.47 bits per heavy atom. The van der Waals surface area contributed by atoms with Gasteiger partial charge < -0.3 is 15.6 Å². The molecule has 100 valence electrons. The summed E-state index contributed by atoms with van der Waals surface area (Å²) in [6.45, 7) is 2.58. The third-order valence-electron chi connectivity index (χ3n) is 2.67. The van der Waals surface area contributed by atoms with E-state index in [0.29, 0.717) is 27.2 Å². The first-order valence-corrected chi connectivity index (χ1v) is 6.81. The smallest absolute Gasteiger partial charge is 0.272 e. The monoisotopic (exact) mass is 373 g/mol. The van der Waals surface area contributed by atoms with Gasteiger partial charge in [-0.1, -0.05) is 0 Å². The number of nitrogens with zero attached hydrogens (tertiary/aromatic N) is 1. The summed E-state index contributed by atoms with van der Waals surface area (Å²) in [5, 5.41) is 2.75. The third kappa shape index (κ3) is 3.06. The molecule has 0 aliphatic heterocycles. The van der Waals surface area contributed by atoms with E-state index in [9.17, 15) is 9.18 Å². The Hall–Kier alpha value is -1.57. The first-order chi connectivity index (χ1) is 9.01. The van der Waals surface area contributed by atoms with E-state index in [1.807, 2.05) is 29.5 Å². The fourth-order valence-corrected chi connectivity index (χ4v) is 2.37. The minimum atomic E-state index is -0.330. The maximum Gasteiger partial charge on any atom is 0.272 e. The van der Waals surface area contributed by atoms with E-state index in [4.69, 9.17) is 5.73 Å². The molecule has 1 heterocycles. The topological polar surface area (TPSA) is 60.0 Å². The summed E-state index contributed by atoms with van der Waals surface area (Å²) in [6, 6.07) is 5.83. The van der Waals surface area contributed by atoms with E-state index in [0.717, 1.165) is 0 Å². The molecule has 2 aromatic rings. The number of aromatic nitrogens is 1. The van der Waals surface area contributed by atoms with Gasteiger partial charge in [0.05, 0.1) is 11.4 Å². The van der Waals surface area contributed by atoms with Crippen LogP contribution in [-0.2, 0) is 6.54 Å². The summed E-state index contributed by atoms with van der Waals surface area (Å²) in [5.41, 5.74) is 7.29. The lowest BCUT2D eigenvalue weighted by Crippen LogP contribution is -2.17. The summed E-state index contributed by atoms with van der Waals surface area (Å²) < 4.78 is 15.4. The second-order valence-electron chi connectivity index (χ2n) is 4.02. The van der Waals surface area contributed by atoms with Crippen molar-refractivity contribution in [3.63, 3.8) is 0 Å². The average molecular weight is 373 g/mol. The molecule has 4 nitrogen and oxygen atoms in total. The summed E-state index contributed by atoms with van der Waals surface area (Å²) in [5.74, 6) is -0.591. The third-order valence-corrected chi connectivity index (χ3v) is 3.56. The fraction of sp³-hybridized carbons (Fsp3) is 0.154. The molecule has 0 saturated heterocycles. The standard InChI is InChI=1S/C13H13FIN3O/c1-2-18-7-9(16)6-12(18)13(19)17-11-4-3-8(14)5-10(11)15/h3-7H,2,16H2,1H3,(H,17,19). The Bertz CT molecular complexity index is 624. The molecule has 2 rings (SSSR count). The number of amides is 1. The van der Waals surface area contributed by atoms with Crippen LogP contribution < -0.4 is 11.1 Å². The normalized spacial score (nSPS) is 10.5. The fourth-order valence-electron chi connectivity index (χ4n) is 1.76. The van der Waals surface area contributed by atoms with E-state index >= 15 is 0 Å². The van der Waals surface area contributed by atoms with Crippen molar-refractivity contribution in [2.75, 3.05) is 11.1 Å². The molecule has 0 atom stereocenters. The molecule has 3 N–H and O–H groups in total. The zero-order valence-corrected chi connectivity index (χ0v) is 12.4. The summed E-state index contributed by atoms with van der Waals surface area (Å²) in [4.78, 5) is 12.2. The SMILES string of the molecule is CCn1cc(N)cc1C(=O)Nc1ccc(F)cc1I. The van der Waals surface area contributed by atoms with Crippen molar-refractivity contribution in [2.45, 2.75) is 13.5 Å². The number of carbonyl (C=O) groups excluding carboxylic acids is 1. The van der Waals surface area contributed by atoms with Crippen molar-refractivity contribution in [1.29, 1.82) is 0 Å². The molecule has 1 amide bonds. The molecule has 0 aliphatic carbocycles. The number of nitrogens with one attached hydrogen (secondary N) is 1. The summed E-state index contributed by atoms with van der Waals surface area (Å²) in [7, 11) is 0. The minimum Gasteiger partial charge on any atom is -0.397 e. The summed E-state index contributed by atoms with van der Waals surface area (Å²) >= 11 is 1.98. The second-order valence-corrected chi connectivity index (χ2v) is 5.19. The molecule has 1 aromatic heterocycles. The van der Waals surface area contributed by atoms with Crippen molar-refractivity contribution in [3.05, 3.63) is 45.5 Å². The van der Waals surface area contributed by atoms with Crippen LogP contribution in [0.1, 0.15) is 17.4 Å². The van der Waals surface area contributed by atoms with E-state index < -0.39 is 0 Å². The molecule has 0 saturated carbocycles. The van der Waals surface area contributed by atoms with Gasteiger partial charge in [-0.05, 0) is 53.8 Å². The predicted octanol–water partition coefficient (Wildman–Crippen LogP) is 3.09. The molecule has 0 unspecified atom stereocenters. The Morgan fingerprint density at radius 2 is 2.21 bits per heavy atom. The Balaban J connectivity index is 2.25. The van der Waals surface area contributed by atoms with Gasteiger partial charge in [0.2, 0.25) is 0 Å². The number of hydrogen-bond donors (Lipinski definition) is 2. The van der Waals surface area contributed by atoms with Crippen molar-refractivity contribution in [1.82, 2.24) is 4.57 Å². The highest BCUT2D eigenvalue weighted by molar-refractivity contribution is 14.1. The number of benzene rings is 1. The Kier molecular flexibility index (Phi) is 4.08. The molecular weight excluding hydrogens is 360 g/mol. The van der Waals surface area contributed by atoms with Gasteiger partial charge in [-0.15, -0.1) is 0 Å². The van der Waals surface area contributed by atoms with Crippen LogP contribution in [0.25, 0.3) is 0 Å². The average Bonchev–Trinajstić information content (AvgIpc) is 2.74. The van der Waals surface area contributed by atoms with E-state index in [1.165, 1.54) is 18.2 Å². The maximum atomic E-state index is 13.0. The van der Waals surface area contributed by atoms with Gasteiger partial charge in [0, 0.05) is 16.3 Å². The number of halogens is 2. The van der Waals surface area contributed by atoms with Crippen molar-refractivity contribution >= 4 is 39.9 Å². The van der Waals surface area contributed by atoms with Crippen LogP contribution in [0.15, 0.2) is 30.5 Å². The number of hydrogen-bond acceptors (Lipinski definition) is 2. The lowest BCUT2D eigenvalue weighted by atomic mass is 10.3. The van der Waals surface area contributed by atoms with Gasteiger partial charge in [0.15, 0.2) is 0 Å². The zero-order chi connectivity index (χ0) is 14.0. The minimum absolute atomic E-state index is 0.261. The highest BCUT2D eigenvalue weighted by Crippen LogP contribution is 2.20. The number of nitrogens with two attached hydrogens (primary N) is 1. The number of rotatable bonds is 3. The van der Waals surface area contributed by atoms with Crippen LogP contribution in [0.3, 0.4) is 0 Å². The van der Waals surface area contributed by atoms with Crippen LogP contribution in [-0.4, -0.2) is 10.5 Å². The number of anilines is 2. The van der Waals surface area contributed by atoms with Gasteiger partial charge in [0.1, 0.15) is 11.5 Å². The van der Waals surface area contributed by atoms with Gasteiger partial charge in [0.25, 0.3) is 5.91 Å². The Morgan fingerprint density at radius 3 is 2.84 bits per heavy atom. The Labute approximate surface area is 123 Å². The summed E-state index contributed by atoms with van der Waals surface area (Å²) in [6.07, 6.45) is 1.71. The molecule has 1 aromatic carbocycles.